The fraction of sp³-hybridized carbons (Fsp3) is 0.211. The highest BCUT2D eigenvalue weighted by molar-refractivity contribution is 6.22. The van der Waals surface area contributed by atoms with Gasteiger partial charge < -0.3 is 4.90 Å². The maximum Gasteiger partial charge on any atom is 0.269 e. The summed E-state index contributed by atoms with van der Waals surface area (Å²) in [6.45, 7) is 1.33. The van der Waals surface area contributed by atoms with E-state index in [2.05, 4.69) is 0 Å². The van der Waals surface area contributed by atoms with Crippen LogP contribution in [0.1, 0.15) is 39.2 Å². The average Bonchev–Trinajstić information content (AvgIpc) is 2.92. The van der Waals surface area contributed by atoms with E-state index < -0.39 is 28.7 Å². The minimum absolute atomic E-state index is 0.0689. The summed E-state index contributed by atoms with van der Waals surface area (Å²) < 4.78 is 0. The van der Waals surface area contributed by atoms with Crippen molar-refractivity contribution in [3.8, 4) is 0 Å². The van der Waals surface area contributed by atoms with Crippen LogP contribution in [0.2, 0.25) is 0 Å². The number of nitro groups is 1. The second-order valence-electron chi connectivity index (χ2n) is 6.27. The Hall–Kier alpha value is -3.55. The van der Waals surface area contributed by atoms with Crippen molar-refractivity contribution in [3.63, 3.8) is 0 Å². The Bertz CT molecular complexity index is 921. The number of hydrogen-bond acceptors (Lipinski definition) is 5. The number of fused-ring (bicyclic) bond motifs is 1. The molecule has 0 fully saturated rings. The Balaban J connectivity index is 1.75. The second kappa shape index (κ2) is 6.99. The van der Waals surface area contributed by atoms with Crippen LogP contribution in [0.5, 0.6) is 0 Å². The molecule has 0 saturated carbocycles. The molecule has 0 radical (unpaired) electrons. The average molecular weight is 367 g/mol. The quantitative estimate of drug-likeness (QED) is 0.459. The molecule has 8 nitrogen and oxygen atoms in total. The van der Waals surface area contributed by atoms with Crippen molar-refractivity contribution in [2.24, 2.45) is 0 Å². The molecule has 3 amide bonds. The van der Waals surface area contributed by atoms with E-state index in [0.717, 1.165) is 4.90 Å². The van der Waals surface area contributed by atoms with Crippen LogP contribution in [0, 0.1) is 10.1 Å². The first-order valence-corrected chi connectivity index (χ1v) is 8.26. The van der Waals surface area contributed by atoms with Crippen LogP contribution in [0.3, 0.4) is 0 Å². The summed E-state index contributed by atoms with van der Waals surface area (Å²) in [7, 11) is 1.53. The van der Waals surface area contributed by atoms with Gasteiger partial charge >= 0.3 is 0 Å². The predicted octanol–water partition coefficient (Wildman–Crippen LogP) is 2.41. The number of carbonyl (C=O) groups is 3. The van der Waals surface area contributed by atoms with Gasteiger partial charge in [0.25, 0.3) is 17.5 Å². The molecule has 1 aliphatic rings. The highest BCUT2D eigenvalue weighted by atomic mass is 16.6. The van der Waals surface area contributed by atoms with Crippen LogP contribution in [0.25, 0.3) is 0 Å². The Labute approximate surface area is 155 Å². The molecule has 2 aromatic rings. The summed E-state index contributed by atoms with van der Waals surface area (Å²) in [6, 6.07) is 12.0. The molecule has 0 unspecified atom stereocenters. The van der Waals surface area contributed by atoms with Crippen molar-refractivity contribution in [1.29, 1.82) is 0 Å². The summed E-state index contributed by atoms with van der Waals surface area (Å²) in [6.07, 6.45) is 0. The lowest BCUT2D eigenvalue weighted by atomic mass is 10.1. The van der Waals surface area contributed by atoms with Crippen molar-refractivity contribution in [2.45, 2.75) is 13.0 Å². The number of amides is 3. The molecule has 27 heavy (non-hydrogen) atoms. The molecule has 0 spiro atoms. The van der Waals surface area contributed by atoms with E-state index in [1.165, 1.54) is 24.1 Å². The van der Waals surface area contributed by atoms with Crippen molar-refractivity contribution in [3.05, 3.63) is 75.3 Å². The van der Waals surface area contributed by atoms with Crippen molar-refractivity contribution >= 4 is 23.4 Å². The molecule has 0 N–H and O–H groups in total. The summed E-state index contributed by atoms with van der Waals surface area (Å²) in [5.74, 6) is -1.44. The predicted molar refractivity (Wildman–Crippen MR) is 96.1 cm³/mol. The smallest absolute Gasteiger partial charge is 0.269 e. The Morgan fingerprint density at radius 3 is 2.26 bits per heavy atom. The van der Waals surface area contributed by atoms with Gasteiger partial charge in [-0.3, -0.25) is 29.4 Å². The Morgan fingerprint density at radius 1 is 1.11 bits per heavy atom. The molecule has 2 aromatic carbocycles. The molecule has 138 valence electrons. The number of rotatable bonds is 5. The molecular weight excluding hydrogens is 350 g/mol. The van der Waals surface area contributed by atoms with Crippen LogP contribution in [0.4, 0.5) is 5.69 Å². The van der Waals surface area contributed by atoms with E-state index in [1.807, 2.05) is 0 Å². The number of carbonyl (C=O) groups excluding carboxylic acids is 3. The van der Waals surface area contributed by atoms with E-state index in [9.17, 15) is 24.5 Å². The lowest BCUT2D eigenvalue weighted by Gasteiger charge is -2.27. The van der Waals surface area contributed by atoms with Gasteiger partial charge in [0.2, 0.25) is 5.91 Å². The van der Waals surface area contributed by atoms with Gasteiger partial charge in [-0.2, -0.15) is 0 Å². The molecule has 1 atom stereocenters. The first-order chi connectivity index (χ1) is 12.8. The zero-order chi connectivity index (χ0) is 19.7. The van der Waals surface area contributed by atoms with E-state index in [1.54, 1.807) is 43.3 Å². The van der Waals surface area contributed by atoms with Gasteiger partial charge in [0.05, 0.1) is 22.1 Å². The molecular formula is C19H17N3O5. The first kappa shape index (κ1) is 18.2. The topological polar surface area (TPSA) is 101 Å². The number of hydrogen-bond donors (Lipinski definition) is 0. The van der Waals surface area contributed by atoms with Gasteiger partial charge in [0, 0.05) is 19.2 Å². The standard InChI is InChI=1S/C19H17N3O5/c1-12(13-6-5-7-14(10-13)22(26)27)20(2)17(23)11-21-18(24)15-8-3-4-9-16(15)19(21)25/h3-10,12H,11H2,1-2H3/t12-/m1/s1. The SMILES string of the molecule is C[C@H](c1cccc([N+](=O)[O-])c1)N(C)C(=O)CN1C(=O)c2ccccc2C1=O. The van der Waals surface area contributed by atoms with Crippen LogP contribution in [0.15, 0.2) is 48.5 Å². The van der Waals surface area contributed by atoms with Gasteiger partial charge in [0.1, 0.15) is 6.54 Å². The second-order valence-corrected chi connectivity index (χ2v) is 6.27. The van der Waals surface area contributed by atoms with Crippen molar-refractivity contribution in [2.75, 3.05) is 13.6 Å². The van der Waals surface area contributed by atoms with Gasteiger partial charge in [-0.1, -0.05) is 24.3 Å². The minimum Gasteiger partial charge on any atom is -0.337 e. The van der Waals surface area contributed by atoms with Crippen LogP contribution in [-0.4, -0.2) is 46.0 Å². The fourth-order valence-corrected chi connectivity index (χ4v) is 2.97. The maximum atomic E-state index is 12.6. The van der Waals surface area contributed by atoms with Crippen LogP contribution >= 0.6 is 0 Å². The summed E-state index contributed by atoms with van der Waals surface area (Å²) in [5, 5.41) is 10.9. The van der Waals surface area contributed by atoms with Crippen molar-refractivity contribution < 1.29 is 19.3 Å². The summed E-state index contributed by atoms with van der Waals surface area (Å²) in [4.78, 5) is 50.1. The highest BCUT2D eigenvalue weighted by Gasteiger charge is 2.37. The largest absolute Gasteiger partial charge is 0.337 e. The van der Waals surface area contributed by atoms with E-state index >= 15 is 0 Å². The number of benzene rings is 2. The number of imide groups is 1. The van der Waals surface area contributed by atoms with Gasteiger partial charge in [0.15, 0.2) is 0 Å². The van der Waals surface area contributed by atoms with Gasteiger partial charge in [-0.05, 0) is 24.6 Å². The first-order valence-electron chi connectivity index (χ1n) is 8.26. The van der Waals surface area contributed by atoms with E-state index in [4.69, 9.17) is 0 Å². The Kier molecular flexibility index (Phi) is 4.72. The number of nitrogens with zero attached hydrogens (tertiary/aromatic N) is 3. The van der Waals surface area contributed by atoms with Crippen LogP contribution < -0.4 is 0 Å². The Morgan fingerprint density at radius 2 is 1.70 bits per heavy atom. The van der Waals surface area contributed by atoms with Gasteiger partial charge in [-0.15, -0.1) is 0 Å². The third-order valence-corrected chi connectivity index (χ3v) is 4.71. The fourth-order valence-electron chi connectivity index (χ4n) is 2.97. The maximum absolute atomic E-state index is 12.6. The zero-order valence-electron chi connectivity index (χ0n) is 14.8. The lowest BCUT2D eigenvalue weighted by Crippen LogP contribution is -2.42. The van der Waals surface area contributed by atoms with E-state index in [-0.39, 0.29) is 23.4 Å². The molecule has 0 aromatic heterocycles. The highest BCUT2D eigenvalue weighted by Crippen LogP contribution is 2.25. The molecule has 3 rings (SSSR count). The lowest BCUT2D eigenvalue weighted by molar-refractivity contribution is -0.384. The molecule has 0 aliphatic carbocycles. The number of non-ortho nitro benzene ring substituents is 1. The molecule has 0 saturated heterocycles. The zero-order valence-corrected chi connectivity index (χ0v) is 14.8. The third kappa shape index (κ3) is 3.29. The monoisotopic (exact) mass is 367 g/mol. The van der Waals surface area contributed by atoms with Crippen molar-refractivity contribution in [1.82, 2.24) is 9.80 Å². The van der Waals surface area contributed by atoms with Gasteiger partial charge in [-0.25, -0.2) is 0 Å². The summed E-state index contributed by atoms with van der Waals surface area (Å²) >= 11 is 0. The molecule has 8 heteroatoms. The molecule has 1 aliphatic heterocycles. The molecule has 0 bridgehead atoms. The number of likely N-dealkylation sites (N-methyl/N-ethyl adjacent to an activating group) is 1. The third-order valence-electron chi connectivity index (χ3n) is 4.71. The molecule has 1 heterocycles. The summed E-state index contributed by atoms with van der Waals surface area (Å²) in [5.41, 5.74) is 1.08. The normalized spacial score (nSPS) is 14.1. The van der Waals surface area contributed by atoms with Crippen LogP contribution in [-0.2, 0) is 4.79 Å². The number of nitro benzene ring substituents is 1. The minimum atomic E-state index is -0.503. The van der Waals surface area contributed by atoms with E-state index in [0.29, 0.717) is 5.56 Å².